The lowest BCUT2D eigenvalue weighted by atomic mass is 10.1. The summed E-state index contributed by atoms with van der Waals surface area (Å²) >= 11 is 0. The molecule has 76 valence electrons. The molecule has 2 atom stereocenters. The fourth-order valence-electron chi connectivity index (χ4n) is 2.36. The number of hydrogen-bond donors (Lipinski definition) is 1. The Hall–Kier alpha value is -0.820. The van der Waals surface area contributed by atoms with Crippen LogP contribution in [0.4, 0.5) is 0 Å². The van der Waals surface area contributed by atoms with E-state index in [2.05, 4.69) is 56.4 Å². The summed E-state index contributed by atoms with van der Waals surface area (Å²) < 4.78 is 0. The van der Waals surface area contributed by atoms with Crippen molar-refractivity contribution >= 4 is 0 Å². The molecule has 0 radical (unpaired) electrons. The summed E-state index contributed by atoms with van der Waals surface area (Å²) in [6.07, 6.45) is 1.27. The Morgan fingerprint density at radius 3 is 2.50 bits per heavy atom. The Labute approximate surface area is 86.5 Å². The zero-order valence-electron chi connectivity index (χ0n) is 9.25. The van der Waals surface area contributed by atoms with Crippen LogP contribution in [0, 0.1) is 0 Å². The monoisotopic (exact) mass is 189 g/mol. The highest BCUT2D eigenvalue weighted by atomic mass is 15.1. The molecule has 1 N–H and O–H groups in total. The normalized spacial score (nSPS) is 30.7. The number of benzene rings is 1. The fourth-order valence-corrected chi connectivity index (χ4v) is 2.36. The molecule has 1 heteroatoms. The molecule has 1 aromatic carbocycles. The zero-order valence-corrected chi connectivity index (χ0v) is 9.25. The van der Waals surface area contributed by atoms with Crippen molar-refractivity contribution in [2.75, 3.05) is 0 Å². The highest BCUT2D eigenvalue weighted by Gasteiger charge is 2.50. The molecule has 0 aliphatic heterocycles. The van der Waals surface area contributed by atoms with Crippen LogP contribution in [0.3, 0.4) is 0 Å². The molecule has 1 nitrogen and oxygen atoms in total. The average molecular weight is 189 g/mol. The molecule has 0 aromatic heterocycles. The average Bonchev–Trinajstić information content (AvgIpc) is 2.77. The second-order valence-electron chi connectivity index (χ2n) is 4.88. The van der Waals surface area contributed by atoms with Gasteiger partial charge in [0.1, 0.15) is 0 Å². The van der Waals surface area contributed by atoms with Gasteiger partial charge in [0.25, 0.3) is 0 Å². The second-order valence-corrected chi connectivity index (χ2v) is 4.88. The summed E-state index contributed by atoms with van der Waals surface area (Å²) in [6.45, 7) is 6.75. The van der Waals surface area contributed by atoms with Crippen molar-refractivity contribution in [2.45, 2.75) is 44.7 Å². The summed E-state index contributed by atoms with van der Waals surface area (Å²) in [4.78, 5) is 0. The van der Waals surface area contributed by atoms with Gasteiger partial charge < -0.3 is 5.32 Å². The Morgan fingerprint density at radius 2 is 1.93 bits per heavy atom. The molecule has 1 aliphatic carbocycles. The quantitative estimate of drug-likeness (QED) is 0.771. The zero-order chi connectivity index (χ0) is 10.2. The highest BCUT2D eigenvalue weighted by molar-refractivity contribution is 5.32. The molecule has 0 spiro atoms. The summed E-state index contributed by atoms with van der Waals surface area (Å²) in [7, 11) is 0. The maximum absolute atomic E-state index is 3.64. The van der Waals surface area contributed by atoms with Crippen LogP contribution in [-0.4, -0.2) is 11.6 Å². The second kappa shape index (κ2) is 3.39. The molecule has 0 amide bonds. The first-order chi connectivity index (χ1) is 6.62. The van der Waals surface area contributed by atoms with Crippen molar-refractivity contribution in [2.24, 2.45) is 0 Å². The topological polar surface area (TPSA) is 12.0 Å². The van der Waals surface area contributed by atoms with Crippen LogP contribution in [0.5, 0.6) is 0 Å². The van der Waals surface area contributed by atoms with Crippen molar-refractivity contribution in [3.63, 3.8) is 0 Å². The van der Waals surface area contributed by atoms with E-state index >= 15 is 0 Å². The Bertz CT molecular complexity index is 304. The minimum absolute atomic E-state index is 0.343. The van der Waals surface area contributed by atoms with Crippen LogP contribution in [0.2, 0.25) is 0 Å². The van der Waals surface area contributed by atoms with Crippen molar-refractivity contribution < 1.29 is 0 Å². The predicted octanol–water partition coefficient (Wildman–Crippen LogP) is 2.93. The number of nitrogens with one attached hydrogen (secondary N) is 1. The van der Waals surface area contributed by atoms with E-state index in [9.17, 15) is 0 Å². The third kappa shape index (κ3) is 1.83. The van der Waals surface area contributed by atoms with Gasteiger partial charge in [0, 0.05) is 17.5 Å². The summed E-state index contributed by atoms with van der Waals surface area (Å²) in [5.74, 6) is 0.714. The van der Waals surface area contributed by atoms with Crippen LogP contribution < -0.4 is 5.32 Å². The Morgan fingerprint density at radius 1 is 1.29 bits per heavy atom. The van der Waals surface area contributed by atoms with Crippen molar-refractivity contribution in [1.82, 2.24) is 5.32 Å². The van der Waals surface area contributed by atoms with Gasteiger partial charge in [-0.15, -0.1) is 0 Å². The molecule has 1 aromatic rings. The smallest absolute Gasteiger partial charge is 0.0231 e. The van der Waals surface area contributed by atoms with Crippen molar-refractivity contribution in [3.05, 3.63) is 35.9 Å². The molecule has 1 saturated carbocycles. The maximum atomic E-state index is 3.64. The SMILES string of the molecule is CC(C)NC1(C)C[C@H]1c1ccccc1. The lowest BCUT2D eigenvalue weighted by Crippen LogP contribution is -2.35. The standard InChI is InChI=1S/C13H19N/c1-10(2)14-13(3)9-12(13)11-7-5-4-6-8-11/h4-8,10,12,14H,9H2,1-3H3/t12-,13?/m0/s1. The van der Waals surface area contributed by atoms with E-state index in [1.54, 1.807) is 0 Å². The van der Waals surface area contributed by atoms with Gasteiger partial charge in [-0.05, 0) is 18.9 Å². The van der Waals surface area contributed by atoms with Gasteiger partial charge in [-0.3, -0.25) is 0 Å². The van der Waals surface area contributed by atoms with Gasteiger partial charge in [-0.2, -0.15) is 0 Å². The van der Waals surface area contributed by atoms with E-state index in [1.165, 1.54) is 12.0 Å². The van der Waals surface area contributed by atoms with E-state index < -0.39 is 0 Å². The first-order valence-corrected chi connectivity index (χ1v) is 5.44. The van der Waals surface area contributed by atoms with Gasteiger partial charge in [-0.1, -0.05) is 44.2 Å². The van der Waals surface area contributed by atoms with E-state index in [4.69, 9.17) is 0 Å². The fraction of sp³-hybridized carbons (Fsp3) is 0.538. The van der Waals surface area contributed by atoms with Crippen molar-refractivity contribution in [3.8, 4) is 0 Å². The molecule has 0 heterocycles. The molecule has 1 unspecified atom stereocenters. The van der Waals surface area contributed by atoms with Crippen LogP contribution in [0.1, 0.15) is 38.7 Å². The first-order valence-electron chi connectivity index (χ1n) is 5.44. The minimum Gasteiger partial charge on any atom is -0.309 e. The molecule has 0 bridgehead atoms. The Kier molecular flexibility index (Phi) is 2.36. The lowest BCUT2D eigenvalue weighted by molar-refractivity contribution is 0.466. The molecular weight excluding hydrogens is 170 g/mol. The van der Waals surface area contributed by atoms with Crippen LogP contribution >= 0.6 is 0 Å². The molecular formula is C13H19N. The lowest BCUT2D eigenvalue weighted by Gasteiger charge is -2.17. The predicted molar refractivity (Wildman–Crippen MR) is 60.5 cm³/mol. The van der Waals surface area contributed by atoms with Gasteiger partial charge in [-0.25, -0.2) is 0 Å². The molecule has 1 aliphatic rings. The molecule has 0 saturated heterocycles. The third-order valence-electron chi connectivity index (χ3n) is 3.06. The number of hydrogen-bond acceptors (Lipinski definition) is 1. The van der Waals surface area contributed by atoms with E-state index in [-0.39, 0.29) is 0 Å². The first kappa shape index (κ1) is 9.72. The van der Waals surface area contributed by atoms with Crippen LogP contribution in [0.25, 0.3) is 0 Å². The van der Waals surface area contributed by atoms with Crippen LogP contribution in [0.15, 0.2) is 30.3 Å². The summed E-state index contributed by atoms with van der Waals surface area (Å²) in [5.41, 5.74) is 1.82. The van der Waals surface area contributed by atoms with E-state index in [1.807, 2.05) is 0 Å². The highest BCUT2D eigenvalue weighted by Crippen LogP contribution is 2.51. The third-order valence-corrected chi connectivity index (χ3v) is 3.06. The summed E-state index contributed by atoms with van der Waals surface area (Å²) in [6, 6.07) is 11.4. The van der Waals surface area contributed by atoms with Gasteiger partial charge in [0.15, 0.2) is 0 Å². The summed E-state index contributed by atoms with van der Waals surface area (Å²) in [5, 5.41) is 3.64. The van der Waals surface area contributed by atoms with Gasteiger partial charge in [0.05, 0.1) is 0 Å². The van der Waals surface area contributed by atoms with E-state index in [0.717, 1.165) is 0 Å². The van der Waals surface area contributed by atoms with E-state index in [0.29, 0.717) is 17.5 Å². The largest absolute Gasteiger partial charge is 0.309 e. The van der Waals surface area contributed by atoms with Gasteiger partial charge in [0.2, 0.25) is 0 Å². The Balaban J connectivity index is 2.05. The van der Waals surface area contributed by atoms with Crippen molar-refractivity contribution in [1.29, 1.82) is 0 Å². The van der Waals surface area contributed by atoms with Gasteiger partial charge >= 0.3 is 0 Å². The molecule has 2 rings (SSSR count). The van der Waals surface area contributed by atoms with Crippen LogP contribution in [-0.2, 0) is 0 Å². The number of rotatable bonds is 3. The minimum atomic E-state index is 0.343. The molecule has 1 fully saturated rings. The maximum Gasteiger partial charge on any atom is 0.0231 e. The molecule has 14 heavy (non-hydrogen) atoms.